The zero-order valence-corrected chi connectivity index (χ0v) is 14.8. The average Bonchev–Trinajstić information content (AvgIpc) is 2.96. The van der Waals surface area contributed by atoms with Crippen molar-refractivity contribution in [2.24, 2.45) is 5.10 Å². The molecule has 3 rings (SSSR count). The highest BCUT2D eigenvalue weighted by atomic mass is 16.5. The Labute approximate surface area is 152 Å². The molecule has 0 fully saturated rings. The quantitative estimate of drug-likeness (QED) is 0.865. The van der Waals surface area contributed by atoms with Crippen LogP contribution in [0.25, 0.3) is 0 Å². The smallest absolute Gasteiger partial charge is 0.245 e. The van der Waals surface area contributed by atoms with Gasteiger partial charge in [-0.05, 0) is 37.1 Å². The van der Waals surface area contributed by atoms with E-state index in [0.717, 1.165) is 5.01 Å². The Bertz CT molecular complexity index is 849. The second-order valence-electron chi connectivity index (χ2n) is 6.39. The molecule has 0 unspecified atom stereocenters. The van der Waals surface area contributed by atoms with Gasteiger partial charge in [0.2, 0.25) is 5.91 Å². The third kappa shape index (κ3) is 3.41. The Morgan fingerprint density at radius 2 is 2.04 bits per heavy atom. The van der Waals surface area contributed by atoms with Crippen molar-refractivity contribution in [3.05, 3.63) is 59.7 Å². The molecule has 2 aromatic carbocycles. The lowest BCUT2D eigenvalue weighted by molar-refractivity contribution is -0.157. The van der Waals surface area contributed by atoms with Gasteiger partial charge in [-0.3, -0.25) is 4.79 Å². The van der Waals surface area contributed by atoms with Gasteiger partial charge in [-0.15, -0.1) is 0 Å². The van der Waals surface area contributed by atoms with Gasteiger partial charge in [0, 0.05) is 24.1 Å². The molecular weight excluding hydrogens is 332 g/mol. The molecule has 2 aromatic rings. The number of amides is 1. The van der Waals surface area contributed by atoms with Crippen molar-refractivity contribution < 1.29 is 19.7 Å². The zero-order valence-electron chi connectivity index (χ0n) is 14.8. The maximum absolute atomic E-state index is 12.8. The fourth-order valence-electron chi connectivity index (χ4n) is 3.15. The largest absolute Gasteiger partial charge is 0.508 e. The highest BCUT2D eigenvalue weighted by Gasteiger charge is 2.44. The molecule has 0 aliphatic carbocycles. The summed E-state index contributed by atoms with van der Waals surface area (Å²) in [7, 11) is 1.55. The number of carbonyl (C=O) groups is 1. The molecule has 0 saturated heterocycles. The van der Waals surface area contributed by atoms with Crippen LogP contribution >= 0.6 is 0 Å². The lowest BCUT2D eigenvalue weighted by Gasteiger charge is -2.31. The summed E-state index contributed by atoms with van der Waals surface area (Å²) in [5, 5.41) is 26.5. The van der Waals surface area contributed by atoms with Crippen LogP contribution in [0.3, 0.4) is 0 Å². The Balaban J connectivity index is 1.81. The normalized spacial score (nSPS) is 19.3. The van der Waals surface area contributed by atoms with Gasteiger partial charge in [0.15, 0.2) is 5.72 Å². The highest BCUT2D eigenvalue weighted by molar-refractivity contribution is 5.89. The van der Waals surface area contributed by atoms with E-state index in [2.05, 4.69) is 5.10 Å². The molecule has 0 bridgehead atoms. The minimum Gasteiger partial charge on any atom is -0.508 e. The van der Waals surface area contributed by atoms with E-state index in [1.54, 1.807) is 56.5 Å². The predicted octanol–water partition coefficient (Wildman–Crippen LogP) is 2.79. The van der Waals surface area contributed by atoms with Crippen LogP contribution in [0.15, 0.2) is 53.6 Å². The number of nitrogens with zero attached hydrogens (tertiary/aromatic N) is 2. The van der Waals surface area contributed by atoms with Crippen molar-refractivity contribution in [1.29, 1.82) is 0 Å². The molecule has 1 amide bonds. The highest BCUT2D eigenvalue weighted by Crippen LogP contribution is 2.37. The van der Waals surface area contributed by atoms with Gasteiger partial charge in [-0.1, -0.05) is 30.3 Å². The number of para-hydroxylation sites is 1. The van der Waals surface area contributed by atoms with Crippen LogP contribution in [0.4, 0.5) is 0 Å². The first-order chi connectivity index (χ1) is 12.4. The van der Waals surface area contributed by atoms with Crippen LogP contribution in [0.5, 0.6) is 11.5 Å². The standard InChI is InChI=1S/C20H22N2O4/c1-14-13-20(25,16-7-5-8-17(12-16)26-2)22(21-14)19(24)11-10-15-6-3-4-9-18(15)23/h3-9,12,23,25H,10-11,13H2,1-2H3/t20-/m1/s1. The molecule has 26 heavy (non-hydrogen) atoms. The Morgan fingerprint density at radius 1 is 1.27 bits per heavy atom. The fourth-order valence-corrected chi connectivity index (χ4v) is 3.15. The minimum atomic E-state index is -1.53. The Hall–Kier alpha value is -2.86. The number of aryl methyl sites for hydroxylation is 1. The number of benzene rings is 2. The van der Waals surface area contributed by atoms with E-state index in [1.165, 1.54) is 0 Å². The van der Waals surface area contributed by atoms with Crippen molar-refractivity contribution in [3.8, 4) is 11.5 Å². The predicted molar refractivity (Wildman–Crippen MR) is 97.9 cm³/mol. The molecule has 6 heteroatoms. The lowest BCUT2D eigenvalue weighted by atomic mass is 9.97. The van der Waals surface area contributed by atoms with E-state index in [9.17, 15) is 15.0 Å². The van der Waals surface area contributed by atoms with Gasteiger partial charge < -0.3 is 14.9 Å². The van der Waals surface area contributed by atoms with Crippen molar-refractivity contribution >= 4 is 11.6 Å². The summed E-state index contributed by atoms with van der Waals surface area (Å²) >= 11 is 0. The van der Waals surface area contributed by atoms with Crippen LogP contribution in [-0.2, 0) is 16.9 Å². The Morgan fingerprint density at radius 3 is 2.77 bits per heavy atom. The maximum atomic E-state index is 12.8. The molecule has 1 aliphatic rings. The summed E-state index contributed by atoms with van der Waals surface area (Å²) < 4.78 is 5.22. The van der Waals surface area contributed by atoms with Gasteiger partial charge in [-0.2, -0.15) is 10.1 Å². The van der Waals surface area contributed by atoms with Gasteiger partial charge >= 0.3 is 0 Å². The van der Waals surface area contributed by atoms with E-state index in [0.29, 0.717) is 29.0 Å². The third-order valence-electron chi connectivity index (χ3n) is 4.49. The third-order valence-corrected chi connectivity index (χ3v) is 4.49. The van der Waals surface area contributed by atoms with Crippen LogP contribution in [-0.4, -0.2) is 34.0 Å². The van der Waals surface area contributed by atoms with Crippen molar-refractivity contribution in [3.63, 3.8) is 0 Å². The first-order valence-electron chi connectivity index (χ1n) is 8.45. The first kappa shape index (κ1) is 17.9. The number of methoxy groups -OCH3 is 1. The maximum Gasteiger partial charge on any atom is 0.245 e. The summed E-state index contributed by atoms with van der Waals surface area (Å²) in [6.07, 6.45) is 0.730. The van der Waals surface area contributed by atoms with Crippen LogP contribution in [0, 0.1) is 0 Å². The molecule has 0 aromatic heterocycles. The molecule has 136 valence electrons. The number of rotatable bonds is 5. The molecule has 2 N–H and O–H groups in total. The molecule has 1 heterocycles. The summed E-state index contributed by atoms with van der Waals surface area (Å²) in [5.74, 6) is 0.446. The van der Waals surface area contributed by atoms with Gasteiger partial charge in [0.1, 0.15) is 11.5 Å². The van der Waals surface area contributed by atoms with Gasteiger partial charge in [0.25, 0.3) is 0 Å². The molecule has 0 saturated carbocycles. The SMILES string of the molecule is COc1cccc([C@]2(O)CC(C)=NN2C(=O)CCc2ccccc2O)c1. The van der Waals surface area contributed by atoms with E-state index in [4.69, 9.17) is 4.74 Å². The lowest BCUT2D eigenvalue weighted by Crippen LogP contribution is -2.43. The average molecular weight is 354 g/mol. The van der Waals surface area contributed by atoms with Crippen molar-refractivity contribution in [2.45, 2.75) is 31.9 Å². The second-order valence-corrected chi connectivity index (χ2v) is 6.39. The number of carbonyl (C=O) groups excluding carboxylic acids is 1. The minimum absolute atomic E-state index is 0.126. The molecular formula is C20H22N2O4. The zero-order chi connectivity index (χ0) is 18.7. The number of hydrogen-bond acceptors (Lipinski definition) is 5. The molecule has 0 spiro atoms. The van der Waals surface area contributed by atoms with Gasteiger partial charge in [-0.25, -0.2) is 0 Å². The Kier molecular flexibility index (Phi) is 4.95. The number of phenols is 1. The molecule has 0 radical (unpaired) electrons. The number of hydrazone groups is 1. The van der Waals surface area contributed by atoms with Crippen molar-refractivity contribution in [1.82, 2.24) is 5.01 Å². The number of aromatic hydroxyl groups is 1. The summed E-state index contributed by atoms with van der Waals surface area (Å²) in [4.78, 5) is 12.8. The number of phenolic OH excluding ortho intramolecular Hbond substituents is 1. The number of ether oxygens (including phenoxy) is 1. The van der Waals surface area contributed by atoms with E-state index in [1.807, 2.05) is 6.07 Å². The number of aliphatic hydroxyl groups is 1. The van der Waals surface area contributed by atoms with E-state index in [-0.39, 0.29) is 24.5 Å². The summed E-state index contributed by atoms with van der Waals surface area (Å²) in [6, 6.07) is 13.9. The second kappa shape index (κ2) is 7.17. The monoisotopic (exact) mass is 354 g/mol. The van der Waals surface area contributed by atoms with E-state index >= 15 is 0 Å². The van der Waals surface area contributed by atoms with Crippen LogP contribution < -0.4 is 4.74 Å². The molecule has 6 nitrogen and oxygen atoms in total. The van der Waals surface area contributed by atoms with Crippen LogP contribution in [0.2, 0.25) is 0 Å². The molecule has 1 atom stereocenters. The van der Waals surface area contributed by atoms with Crippen molar-refractivity contribution in [2.75, 3.05) is 7.11 Å². The van der Waals surface area contributed by atoms with Crippen LogP contribution in [0.1, 0.15) is 30.9 Å². The van der Waals surface area contributed by atoms with E-state index < -0.39 is 5.72 Å². The summed E-state index contributed by atoms with van der Waals surface area (Å²) in [6.45, 7) is 1.78. The molecule has 1 aliphatic heterocycles. The summed E-state index contributed by atoms with van der Waals surface area (Å²) in [5.41, 5.74) is 0.374. The fraction of sp³-hybridized carbons (Fsp3) is 0.300. The van der Waals surface area contributed by atoms with Gasteiger partial charge in [0.05, 0.1) is 7.11 Å². The first-order valence-corrected chi connectivity index (χ1v) is 8.45. The topological polar surface area (TPSA) is 82.4 Å². The number of hydrogen-bond donors (Lipinski definition) is 2.